The normalized spacial score (nSPS) is 19.5. The number of hydrogen-bond donors (Lipinski definition) is 2. The van der Waals surface area contributed by atoms with Crippen molar-refractivity contribution >= 4 is 35.6 Å². The Labute approximate surface area is 151 Å². The maximum atomic E-state index is 5.99. The summed E-state index contributed by atoms with van der Waals surface area (Å²) in [5.74, 6) is 1.16. The Morgan fingerprint density at radius 1 is 1.32 bits per heavy atom. The van der Waals surface area contributed by atoms with E-state index in [0.717, 1.165) is 31.7 Å². The van der Waals surface area contributed by atoms with Crippen molar-refractivity contribution in [3.63, 3.8) is 0 Å². The van der Waals surface area contributed by atoms with Crippen molar-refractivity contribution in [2.75, 3.05) is 31.5 Å². The highest BCUT2D eigenvalue weighted by atomic mass is 127. The van der Waals surface area contributed by atoms with Gasteiger partial charge in [0.15, 0.2) is 5.96 Å². The molecular formula is C17H29IN4. The number of aliphatic imine (C=N–C) groups is 1. The fourth-order valence-corrected chi connectivity index (χ4v) is 2.83. The first-order valence-electron chi connectivity index (χ1n) is 8.09. The van der Waals surface area contributed by atoms with Crippen LogP contribution >= 0.6 is 24.0 Å². The topological polar surface area (TPSA) is 53.6 Å². The van der Waals surface area contributed by atoms with E-state index >= 15 is 0 Å². The van der Waals surface area contributed by atoms with Crippen LogP contribution < -0.4 is 11.1 Å². The van der Waals surface area contributed by atoms with Gasteiger partial charge in [0.1, 0.15) is 0 Å². The summed E-state index contributed by atoms with van der Waals surface area (Å²) in [6, 6.07) is 8.35. The number of anilines is 1. The van der Waals surface area contributed by atoms with Crippen LogP contribution in [0.5, 0.6) is 0 Å². The molecule has 1 aromatic rings. The minimum atomic E-state index is 0. The summed E-state index contributed by atoms with van der Waals surface area (Å²) in [5, 5.41) is 3.17. The van der Waals surface area contributed by atoms with Gasteiger partial charge >= 0.3 is 0 Å². The average Bonchev–Trinajstić information content (AvgIpc) is 2.54. The van der Waals surface area contributed by atoms with Crippen LogP contribution in [0.3, 0.4) is 0 Å². The molecule has 0 aliphatic carbocycles. The minimum Gasteiger partial charge on any atom is -0.370 e. The summed E-state index contributed by atoms with van der Waals surface area (Å²) in [6.07, 6.45) is 3.60. The molecule has 0 saturated carbocycles. The first-order chi connectivity index (χ1) is 10.2. The number of aryl methyl sites for hydroxylation is 1. The number of halogens is 1. The number of nitrogens with zero attached hydrogens (tertiary/aromatic N) is 2. The van der Waals surface area contributed by atoms with E-state index in [1.165, 1.54) is 24.9 Å². The highest BCUT2D eigenvalue weighted by Gasteiger charge is 2.18. The van der Waals surface area contributed by atoms with E-state index in [1.807, 2.05) is 0 Å². The number of piperidine rings is 1. The zero-order valence-corrected chi connectivity index (χ0v) is 16.0. The molecule has 1 aromatic carbocycles. The predicted octanol–water partition coefficient (Wildman–Crippen LogP) is 3.33. The monoisotopic (exact) mass is 416 g/mol. The molecule has 2 rings (SSSR count). The van der Waals surface area contributed by atoms with E-state index in [0.29, 0.717) is 11.9 Å². The standard InChI is InChI=1S/C17H28N4.HI/c1-3-14-7-9-16(10-8-14)20-17(18)19-12-15-6-5-11-21(4-2)13-15;/h7-10,15H,3-6,11-13H2,1-2H3,(H3,18,19,20);1H. The summed E-state index contributed by atoms with van der Waals surface area (Å²) < 4.78 is 0. The molecule has 22 heavy (non-hydrogen) atoms. The van der Waals surface area contributed by atoms with E-state index in [-0.39, 0.29) is 24.0 Å². The molecule has 1 unspecified atom stereocenters. The lowest BCUT2D eigenvalue weighted by molar-refractivity contribution is 0.187. The van der Waals surface area contributed by atoms with Crippen LogP contribution in [0.15, 0.2) is 29.3 Å². The third kappa shape index (κ3) is 6.12. The highest BCUT2D eigenvalue weighted by molar-refractivity contribution is 14.0. The molecule has 3 N–H and O–H groups in total. The Bertz CT molecular complexity index is 458. The Balaban J connectivity index is 0.00000242. The second-order valence-electron chi connectivity index (χ2n) is 5.80. The number of hydrogen-bond acceptors (Lipinski definition) is 2. The van der Waals surface area contributed by atoms with Crippen molar-refractivity contribution in [3.05, 3.63) is 29.8 Å². The van der Waals surface area contributed by atoms with Crippen molar-refractivity contribution in [1.29, 1.82) is 0 Å². The summed E-state index contributed by atoms with van der Waals surface area (Å²) in [6.45, 7) is 8.72. The summed E-state index contributed by atoms with van der Waals surface area (Å²) >= 11 is 0. The largest absolute Gasteiger partial charge is 0.370 e. The van der Waals surface area contributed by atoms with Gasteiger partial charge in [0.05, 0.1) is 0 Å². The van der Waals surface area contributed by atoms with Gasteiger partial charge in [-0.25, -0.2) is 0 Å². The molecule has 5 heteroatoms. The molecule has 0 amide bonds. The van der Waals surface area contributed by atoms with E-state index in [2.05, 4.69) is 53.3 Å². The zero-order chi connectivity index (χ0) is 15.1. The third-order valence-corrected chi connectivity index (χ3v) is 4.20. The van der Waals surface area contributed by atoms with Crippen molar-refractivity contribution in [1.82, 2.24) is 4.90 Å². The predicted molar refractivity (Wildman–Crippen MR) is 106 cm³/mol. The molecule has 124 valence electrons. The molecule has 0 radical (unpaired) electrons. The second-order valence-corrected chi connectivity index (χ2v) is 5.80. The number of benzene rings is 1. The molecule has 4 nitrogen and oxygen atoms in total. The minimum absolute atomic E-state index is 0. The van der Waals surface area contributed by atoms with Crippen molar-refractivity contribution in [3.8, 4) is 0 Å². The quantitative estimate of drug-likeness (QED) is 0.440. The van der Waals surface area contributed by atoms with Gasteiger partial charge in [0.2, 0.25) is 0 Å². The fourth-order valence-electron chi connectivity index (χ4n) is 2.83. The molecule has 1 saturated heterocycles. The van der Waals surface area contributed by atoms with Gasteiger partial charge in [0.25, 0.3) is 0 Å². The molecule has 0 spiro atoms. The number of nitrogens with one attached hydrogen (secondary N) is 1. The van der Waals surface area contributed by atoms with E-state index in [9.17, 15) is 0 Å². The average molecular weight is 416 g/mol. The number of guanidine groups is 1. The van der Waals surface area contributed by atoms with Crippen LogP contribution in [-0.2, 0) is 6.42 Å². The lowest BCUT2D eigenvalue weighted by atomic mass is 9.98. The van der Waals surface area contributed by atoms with Crippen LogP contribution in [-0.4, -0.2) is 37.0 Å². The number of likely N-dealkylation sites (tertiary alicyclic amines) is 1. The molecule has 1 fully saturated rings. The zero-order valence-electron chi connectivity index (χ0n) is 13.7. The lowest BCUT2D eigenvalue weighted by Crippen LogP contribution is -2.36. The van der Waals surface area contributed by atoms with Crippen LogP contribution in [0.4, 0.5) is 5.69 Å². The smallest absolute Gasteiger partial charge is 0.193 e. The van der Waals surface area contributed by atoms with Crippen molar-refractivity contribution < 1.29 is 0 Å². The van der Waals surface area contributed by atoms with Gasteiger partial charge in [-0.3, -0.25) is 4.99 Å². The summed E-state index contributed by atoms with van der Waals surface area (Å²) in [7, 11) is 0. The van der Waals surface area contributed by atoms with E-state index < -0.39 is 0 Å². The van der Waals surface area contributed by atoms with Gasteiger partial charge < -0.3 is 16.0 Å². The Morgan fingerprint density at radius 3 is 2.68 bits per heavy atom. The van der Waals surface area contributed by atoms with Gasteiger partial charge in [-0.15, -0.1) is 24.0 Å². The van der Waals surface area contributed by atoms with Gasteiger partial charge in [0, 0.05) is 18.8 Å². The molecule has 0 bridgehead atoms. The molecule has 0 aromatic heterocycles. The summed E-state index contributed by atoms with van der Waals surface area (Å²) in [4.78, 5) is 7.01. The number of rotatable bonds is 5. The van der Waals surface area contributed by atoms with Gasteiger partial charge in [-0.2, -0.15) is 0 Å². The van der Waals surface area contributed by atoms with Crippen LogP contribution in [0.1, 0.15) is 32.3 Å². The Hall–Kier alpha value is -0.820. The number of nitrogens with two attached hydrogens (primary N) is 1. The van der Waals surface area contributed by atoms with Gasteiger partial charge in [-0.1, -0.05) is 26.0 Å². The van der Waals surface area contributed by atoms with Crippen LogP contribution in [0.2, 0.25) is 0 Å². The first kappa shape index (κ1) is 19.2. The van der Waals surface area contributed by atoms with Gasteiger partial charge in [-0.05, 0) is 56.0 Å². The maximum absolute atomic E-state index is 5.99. The van der Waals surface area contributed by atoms with Crippen LogP contribution in [0, 0.1) is 5.92 Å². The SMILES string of the molecule is CCc1ccc(NC(N)=NCC2CCCN(CC)C2)cc1.I. The summed E-state index contributed by atoms with van der Waals surface area (Å²) in [5.41, 5.74) is 8.32. The Kier molecular flexibility index (Phi) is 8.78. The van der Waals surface area contributed by atoms with Crippen molar-refractivity contribution in [2.45, 2.75) is 33.1 Å². The molecule has 1 heterocycles. The molecule has 1 aliphatic rings. The molecule has 1 atom stereocenters. The fraction of sp³-hybridized carbons (Fsp3) is 0.588. The molecular weight excluding hydrogens is 387 g/mol. The molecule has 1 aliphatic heterocycles. The van der Waals surface area contributed by atoms with E-state index in [1.54, 1.807) is 0 Å². The lowest BCUT2D eigenvalue weighted by Gasteiger charge is -2.30. The van der Waals surface area contributed by atoms with Crippen molar-refractivity contribution in [2.24, 2.45) is 16.6 Å². The van der Waals surface area contributed by atoms with Crippen LogP contribution in [0.25, 0.3) is 0 Å². The van der Waals surface area contributed by atoms with E-state index in [4.69, 9.17) is 5.73 Å². The second kappa shape index (κ2) is 10.0. The maximum Gasteiger partial charge on any atom is 0.193 e. The third-order valence-electron chi connectivity index (χ3n) is 4.20. The first-order valence-corrected chi connectivity index (χ1v) is 8.09. The Morgan fingerprint density at radius 2 is 2.05 bits per heavy atom. The highest BCUT2D eigenvalue weighted by Crippen LogP contribution is 2.16.